The molecule has 178 valence electrons. The number of fused-ring (bicyclic) bond motifs is 2. The lowest BCUT2D eigenvalue weighted by Gasteiger charge is -2.42. The number of hydrogen-bond donors (Lipinski definition) is 3. The predicted molar refractivity (Wildman–Crippen MR) is 138 cm³/mol. The summed E-state index contributed by atoms with van der Waals surface area (Å²) < 4.78 is 0. The van der Waals surface area contributed by atoms with E-state index < -0.39 is 0 Å². The normalized spacial score (nSPS) is 18.8. The maximum atomic E-state index is 13.2. The van der Waals surface area contributed by atoms with Gasteiger partial charge in [0.05, 0.1) is 0 Å². The van der Waals surface area contributed by atoms with E-state index in [1.165, 1.54) is 11.1 Å². The van der Waals surface area contributed by atoms with Crippen molar-refractivity contribution in [3.8, 4) is 0 Å². The van der Waals surface area contributed by atoms with Gasteiger partial charge in [-0.3, -0.25) is 14.9 Å². The Hall–Kier alpha value is -3.49. The largest absolute Gasteiger partial charge is 0.342 e. The van der Waals surface area contributed by atoms with Crippen molar-refractivity contribution in [1.82, 2.24) is 25.1 Å². The molecule has 1 aromatic carbocycles. The summed E-state index contributed by atoms with van der Waals surface area (Å²) in [5, 5.41) is 7.93. The van der Waals surface area contributed by atoms with Crippen LogP contribution in [0.2, 0.25) is 5.15 Å². The van der Waals surface area contributed by atoms with E-state index in [0.717, 1.165) is 37.9 Å². The molecule has 1 spiro atoms. The first-order chi connectivity index (χ1) is 16.9. The summed E-state index contributed by atoms with van der Waals surface area (Å²) in [6.45, 7) is 7.59. The SMILES string of the molecule is C=C(c1cc(C)cnc1Cl)c1n[nH]c2nc(N3CCC4(CC3)Cc3ccccc3[C@H]4N)[nH]c(=O)c12. The third kappa shape index (κ3) is 3.47. The van der Waals surface area contributed by atoms with Crippen LogP contribution in [0.1, 0.15) is 46.8 Å². The second kappa shape index (κ2) is 8.03. The summed E-state index contributed by atoms with van der Waals surface area (Å²) in [6, 6.07) is 10.4. The molecule has 8 nitrogen and oxygen atoms in total. The van der Waals surface area contributed by atoms with Gasteiger partial charge in [-0.25, -0.2) is 4.98 Å². The Kier molecular flexibility index (Phi) is 5.05. The topological polar surface area (TPSA) is 117 Å². The molecule has 4 N–H and O–H groups in total. The Labute approximate surface area is 207 Å². The van der Waals surface area contributed by atoms with Gasteiger partial charge in [0.25, 0.3) is 5.56 Å². The van der Waals surface area contributed by atoms with Gasteiger partial charge in [0.15, 0.2) is 5.65 Å². The molecule has 0 saturated carbocycles. The fourth-order valence-corrected chi connectivity index (χ4v) is 5.87. The Balaban J connectivity index is 1.27. The molecular weight excluding hydrogens is 462 g/mol. The smallest absolute Gasteiger partial charge is 0.264 e. The predicted octanol–water partition coefficient (Wildman–Crippen LogP) is 3.91. The number of anilines is 1. The first-order valence-electron chi connectivity index (χ1n) is 11.7. The number of aryl methyl sites for hydroxylation is 1. The highest BCUT2D eigenvalue weighted by molar-refractivity contribution is 6.31. The molecule has 2 aliphatic rings. The number of piperidine rings is 1. The van der Waals surface area contributed by atoms with Crippen LogP contribution in [0.15, 0.2) is 47.9 Å². The fraction of sp³-hybridized carbons (Fsp3) is 0.308. The van der Waals surface area contributed by atoms with Crippen LogP contribution in [0.3, 0.4) is 0 Å². The van der Waals surface area contributed by atoms with Crippen LogP contribution in [0.25, 0.3) is 16.6 Å². The fourth-order valence-electron chi connectivity index (χ4n) is 5.66. The number of benzene rings is 1. The zero-order valence-electron chi connectivity index (χ0n) is 19.4. The number of hydrogen-bond acceptors (Lipinski definition) is 6. The zero-order chi connectivity index (χ0) is 24.3. The van der Waals surface area contributed by atoms with Crippen LogP contribution in [-0.2, 0) is 6.42 Å². The van der Waals surface area contributed by atoms with Crippen molar-refractivity contribution in [1.29, 1.82) is 0 Å². The molecule has 1 atom stereocenters. The van der Waals surface area contributed by atoms with Crippen LogP contribution in [0.4, 0.5) is 5.95 Å². The van der Waals surface area contributed by atoms with Crippen LogP contribution >= 0.6 is 11.6 Å². The lowest BCUT2D eigenvalue weighted by atomic mass is 9.73. The minimum absolute atomic E-state index is 0.0412. The van der Waals surface area contributed by atoms with Gasteiger partial charge in [-0.15, -0.1) is 0 Å². The average Bonchev–Trinajstić information content (AvgIpc) is 3.41. The van der Waals surface area contributed by atoms with Crippen LogP contribution in [0.5, 0.6) is 0 Å². The first kappa shape index (κ1) is 22.0. The molecule has 1 fully saturated rings. The third-order valence-electron chi connectivity index (χ3n) is 7.66. The van der Waals surface area contributed by atoms with Crippen molar-refractivity contribution in [2.24, 2.45) is 11.1 Å². The summed E-state index contributed by atoms with van der Waals surface area (Å²) in [6.07, 6.45) is 4.56. The lowest BCUT2D eigenvalue weighted by molar-refractivity contribution is 0.187. The number of H-pyrrole nitrogens is 2. The number of nitrogens with zero attached hydrogens (tertiary/aromatic N) is 4. The Bertz CT molecular complexity index is 1530. The molecule has 1 saturated heterocycles. The number of nitrogens with two attached hydrogens (primary N) is 1. The number of aromatic amines is 2. The number of pyridine rings is 1. The minimum Gasteiger partial charge on any atom is -0.342 e. The van der Waals surface area contributed by atoms with E-state index in [1.54, 1.807) is 6.20 Å². The summed E-state index contributed by atoms with van der Waals surface area (Å²) in [4.78, 5) is 27.1. The molecule has 0 unspecified atom stereocenters. The highest BCUT2D eigenvalue weighted by Gasteiger charge is 2.46. The highest BCUT2D eigenvalue weighted by atomic mass is 35.5. The second-order valence-electron chi connectivity index (χ2n) is 9.72. The number of rotatable bonds is 3. The monoisotopic (exact) mass is 487 g/mol. The van der Waals surface area contributed by atoms with Crippen molar-refractivity contribution in [3.63, 3.8) is 0 Å². The Morgan fingerprint density at radius 3 is 2.83 bits per heavy atom. The molecule has 6 rings (SSSR count). The van der Waals surface area contributed by atoms with Crippen molar-refractivity contribution in [2.45, 2.75) is 32.2 Å². The number of halogens is 1. The molecule has 9 heteroatoms. The summed E-state index contributed by atoms with van der Waals surface area (Å²) >= 11 is 6.29. The molecule has 1 aliphatic heterocycles. The molecule has 0 bridgehead atoms. The van der Waals surface area contributed by atoms with Crippen LogP contribution < -0.4 is 16.2 Å². The van der Waals surface area contributed by atoms with Crippen molar-refractivity contribution in [2.75, 3.05) is 18.0 Å². The highest BCUT2D eigenvalue weighted by Crippen LogP contribution is 2.50. The number of aromatic nitrogens is 5. The van der Waals surface area contributed by atoms with Crippen molar-refractivity contribution in [3.05, 3.63) is 86.6 Å². The Morgan fingerprint density at radius 1 is 1.29 bits per heavy atom. The Morgan fingerprint density at radius 2 is 2.06 bits per heavy atom. The summed E-state index contributed by atoms with van der Waals surface area (Å²) in [5.74, 6) is 0.539. The molecule has 4 heterocycles. The van der Waals surface area contributed by atoms with E-state index in [0.29, 0.717) is 39.0 Å². The van der Waals surface area contributed by atoms with Crippen LogP contribution in [0, 0.1) is 12.3 Å². The molecule has 4 aromatic rings. The third-order valence-corrected chi connectivity index (χ3v) is 7.96. The molecule has 0 radical (unpaired) electrons. The summed E-state index contributed by atoms with van der Waals surface area (Å²) in [5.41, 5.74) is 12.1. The van der Waals surface area contributed by atoms with Gasteiger partial charge < -0.3 is 10.6 Å². The molecule has 1 aliphatic carbocycles. The van der Waals surface area contributed by atoms with E-state index in [9.17, 15) is 4.79 Å². The number of nitrogens with one attached hydrogen (secondary N) is 2. The van der Waals surface area contributed by atoms with E-state index in [-0.39, 0.29) is 17.0 Å². The second-order valence-corrected chi connectivity index (χ2v) is 10.1. The zero-order valence-corrected chi connectivity index (χ0v) is 20.2. The summed E-state index contributed by atoms with van der Waals surface area (Å²) in [7, 11) is 0. The van der Waals surface area contributed by atoms with Gasteiger partial charge in [0.1, 0.15) is 16.2 Å². The van der Waals surface area contributed by atoms with E-state index in [4.69, 9.17) is 22.3 Å². The van der Waals surface area contributed by atoms with Gasteiger partial charge >= 0.3 is 0 Å². The van der Waals surface area contributed by atoms with Gasteiger partial charge in [0.2, 0.25) is 5.95 Å². The molecular formula is C26H26ClN7O. The lowest BCUT2D eigenvalue weighted by Crippen LogP contribution is -2.45. The van der Waals surface area contributed by atoms with E-state index in [2.05, 4.69) is 55.9 Å². The van der Waals surface area contributed by atoms with Crippen LogP contribution in [-0.4, -0.2) is 38.2 Å². The standard InChI is InChI=1S/C26H26ClN7O/c1-14-11-18(22(27)29-13-14)15(2)20-19-23(33-32-20)30-25(31-24(19)35)34-9-7-26(8-10-34)12-16-5-3-4-6-17(16)21(26)28/h3-6,11,13,21H,2,7-10,12,28H2,1H3,(H2,30,31,32,33,35)/t21-/m1/s1. The van der Waals surface area contributed by atoms with Gasteiger partial charge in [-0.2, -0.15) is 10.1 Å². The maximum absolute atomic E-state index is 13.2. The maximum Gasteiger partial charge on any atom is 0.264 e. The van der Waals surface area contributed by atoms with Gasteiger partial charge in [-0.1, -0.05) is 42.4 Å². The average molecular weight is 488 g/mol. The molecule has 3 aromatic heterocycles. The van der Waals surface area contributed by atoms with E-state index >= 15 is 0 Å². The quantitative estimate of drug-likeness (QED) is 0.377. The molecule has 35 heavy (non-hydrogen) atoms. The minimum atomic E-state index is -0.267. The van der Waals surface area contributed by atoms with Gasteiger partial charge in [-0.05, 0) is 54.4 Å². The van der Waals surface area contributed by atoms with Crippen molar-refractivity contribution < 1.29 is 0 Å². The molecule has 0 amide bonds. The first-order valence-corrected chi connectivity index (χ1v) is 12.1. The van der Waals surface area contributed by atoms with Gasteiger partial charge in [0, 0.05) is 36.5 Å². The van der Waals surface area contributed by atoms with Crippen molar-refractivity contribution >= 4 is 34.2 Å². The van der Waals surface area contributed by atoms with E-state index in [1.807, 2.05) is 13.0 Å².